The molecule has 0 aromatic carbocycles. The maximum Gasteiger partial charge on any atom is 0.309 e. The lowest BCUT2D eigenvalue weighted by Crippen LogP contribution is -2.21. The van der Waals surface area contributed by atoms with Crippen molar-refractivity contribution in [2.75, 3.05) is 6.61 Å². The smallest absolute Gasteiger partial charge is 0.309 e. The van der Waals surface area contributed by atoms with Gasteiger partial charge in [-0.25, -0.2) is 0 Å². The normalized spacial score (nSPS) is 12.2. The van der Waals surface area contributed by atoms with Crippen LogP contribution in [0.15, 0.2) is 24.8 Å². The maximum atomic E-state index is 11.9. The number of allylic oxidation sites excluding steroid dienone is 2. The maximum absolute atomic E-state index is 11.9. The Balaban J connectivity index is 3.56. The van der Waals surface area contributed by atoms with E-state index in [-0.39, 0.29) is 13.0 Å². The SMILES string of the molecule is C=CCOC(=O)C(CCCCCC/C=C/CCCCCCCCCCC)CC(=O)O. The van der Waals surface area contributed by atoms with Gasteiger partial charge in [-0.2, -0.15) is 0 Å². The van der Waals surface area contributed by atoms with Crippen molar-refractivity contribution in [1.82, 2.24) is 0 Å². The van der Waals surface area contributed by atoms with Gasteiger partial charge in [-0.1, -0.05) is 102 Å². The van der Waals surface area contributed by atoms with Gasteiger partial charge in [0, 0.05) is 0 Å². The Labute approximate surface area is 185 Å². The van der Waals surface area contributed by atoms with Gasteiger partial charge in [0.2, 0.25) is 0 Å². The molecule has 0 saturated carbocycles. The monoisotopic (exact) mass is 422 g/mol. The van der Waals surface area contributed by atoms with Crippen molar-refractivity contribution in [2.45, 2.75) is 116 Å². The fraction of sp³-hybridized carbons (Fsp3) is 0.769. The van der Waals surface area contributed by atoms with Crippen LogP contribution in [-0.2, 0) is 14.3 Å². The number of rotatable bonds is 22. The molecule has 1 N–H and O–H groups in total. The van der Waals surface area contributed by atoms with E-state index in [9.17, 15) is 9.59 Å². The standard InChI is InChI=1S/C26H46O4/c1-3-5-6-7-8-9-10-11-12-13-14-15-16-17-18-19-20-21-24(23-25(27)28)26(29)30-22-4-2/h4,14-15,24H,2-3,5-13,16-23H2,1H3,(H,27,28)/b15-14+. The number of hydrogen-bond donors (Lipinski definition) is 1. The molecule has 0 aromatic rings. The third-order valence-corrected chi connectivity index (χ3v) is 5.41. The quantitative estimate of drug-likeness (QED) is 0.111. The summed E-state index contributed by atoms with van der Waals surface area (Å²) in [6, 6.07) is 0. The second kappa shape index (κ2) is 22.1. The Morgan fingerprint density at radius 3 is 1.83 bits per heavy atom. The van der Waals surface area contributed by atoms with Crippen LogP contribution in [-0.4, -0.2) is 23.7 Å². The van der Waals surface area contributed by atoms with E-state index in [2.05, 4.69) is 25.7 Å². The zero-order chi connectivity index (χ0) is 22.3. The predicted molar refractivity (Wildman–Crippen MR) is 126 cm³/mol. The van der Waals surface area contributed by atoms with Crippen LogP contribution < -0.4 is 0 Å². The van der Waals surface area contributed by atoms with Gasteiger partial charge < -0.3 is 9.84 Å². The van der Waals surface area contributed by atoms with Crippen LogP contribution >= 0.6 is 0 Å². The molecule has 0 saturated heterocycles. The van der Waals surface area contributed by atoms with Crippen LogP contribution in [0.1, 0.15) is 116 Å². The van der Waals surface area contributed by atoms with Gasteiger partial charge >= 0.3 is 11.9 Å². The molecule has 1 unspecified atom stereocenters. The topological polar surface area (TPSA) is 63.6 Å². The molecular formula is C26H46O4. The molecule has 30 heavy (non-hydrogen) atoms. The number of hydrogen-bond acceptors (Lipinski definition) is 3. The summed E-state index contributed by atoms with van der Waals surface area (Å²) in [5.41, 5.74) is 0. The molecular weight excluding hydrogens is 376 g/mol. The van der Waals surface area contributed by atoms with E-state index < -0.39 is 17.9 Å². The lowest BCUT2D eigenvalue weighted by atomic mass is 9.97. The number of carbonyl (C=O) groups excluding carboxylic acids is 1. The van der Waals surface area contributed by atoms with Crippen LogP contribution in [0.3, 0.4) is 0 Å². The van der Waals surface area contributed by atoms with Gasteiger partial charge in [-0.05, 0) is 32.1 Å². The number of carbonyl (C=O) groups is 2. The Hall–Kier alpha value is -1.58. The van der Waals surface area contributed by atoms with Gasteiger partial charge in [0.1, 0.15) is 6.61 Å². The minimum absolute atomic E-state index is 0.139. The first-order valence-corrected chi connectivity index (χ1v) is 12.3. The molecule has 1 atom stereocenters. The van der Waals surface area contributed by atoms with E-state index in [0.29, 0.717) is 6.42 Å². The van der Waals surface area contributed by atoms with Crippen LogP contribution in [0.2, 0.25) is 0 Å². The van der Waals surface area contributed by atoms with Crippen LogP contribution in [0, 0.1) is 5.92 Å². The average molecular weight is 423 g/mol. The molecule has 0 aliphatic heterocycles. The van der Waals surface area contributed by atoms with E-state index in [1.54, 1.807) is 0 Å². The summed E-state index contributed by atoms with van der Waals surface area (Å²) in [6.07, 6.45) is 25.4. The molecule has 0 radical (unpaired) electrons. The van der Waals surface area contributed by atoms with Crippen molar-refractivity contribution in [2.24, 2.45) is 5.92 Å². The molecule has 4 heteroatoms. The first-order valence-electron chi connectivity index (χ1n) is 12.3. The molecule has 174 valence electrons. The number of ether oxygens (including phenoxy) is 1. The van der Waals surface area contributed by atoms with E-state index in [0.717, 1.165) is 32.1 Å². The van der Waals surface area contributed by atoms with Gasteiger partial charge in [0.05, 0.1) is 12.3 Å². The fourth-order valence-electron chi connectivity index (χ4n) is 3.59. The van der Waals surface area contributed by atoms with E-state index in [1.807, 2.05) is 0 Å². The van der Waals surface area contributed by atoms with Gasteiger partial charge in [0.15, 0.2) is 0 Å². The summed E-state index contributed by atoms with van der Waals surface area (Å²) in [5, 5.41) is 8.97. The number of aliphatic carboxylic acids is 1. The minimum Gasteiger partial charge on any atom is -0.481 e. The number of carboxylic acids is 1. The van der Waals surface area contributed by atoms with E-state index in [4.69, 9.17) is 9.84 Å². The number of unbranched alkanes of at least 4 members (excludes halogenated alkanes) is 13. The Kier molecular flexibility index (Phi) is 20.9. The minimum atomic E-state index is -0.951. The molecule has 0 aromatic heterocycles. The van der Waals surface area contributed by atoms with Crippen LogP contribution in [0.5, 0.6) is 0 Å². The van der Waals surface area contributed by atoms with Gasteiger partial charge in [-0.15, -0.1) is 0 Å². The summed E-state index contributed by atoms with van der Waals surface area (Å²) in [5.74, 6) is -1.91. The van der Waals surface area contributed by atoms with Crippen molar-refractivity contribution in [1.29, 1.82) is 0 Å². The lowest BCUT2D eigenvalue weighted by molar-refractivity contribution is -0.152. The highest BCUT2D eigenvalue weighted by molar-refractivity contribution is 5.79. The van der Waals surface area contributed by atoms with E-state index >= 15 is 0 Å². The predicted octanol–water partition coefficient (Wildman–Crippen LogP) is 7.62. The molecule has 0 amide bonds. The highest BCUT2D eigenvalue weighted by atomic mass is 16.5. The lowest BCUT2D eigenvalue weighted by Gasteiger charge is -2.13. The Morgan fingerprint density at radius 1 is 0.833 bits per heavy atom. The van der Waals surface area contributed by atoms with Crippen molar-refractivity contribution in [3.05, 3.63) is 24.8 Å². The van der Waals surface area contributed by atoms with Gasteiger partial charge in [-0.3, -0.25) is 9.59 Å². The molecule has 4 nitrogen and oxygen atoms in total. The largest absolute Gasteiger partial charge is 0.481 e. The zero-order valence-corrected chi connectivity index (χ0v) is 19.4. The Morgan fingerprint density at radius 2 is 1.33 bits per heavy atom. The summed E-state index contributed by atoms with van der Waals surface area (Å²) in [6.45, 7) is 5.91. The summed E-state index contributed by atoms with van der Waals surface area (Å²) in [4.78, 5) is 22.8. The molecule has 0 fully saturated rings. The summed E-state index contributed by atoms with van der Waals surface area (Å²) in [7, 11) is 0. The van der Waals surface area contributed by atoms with Gasteiger partial charge in [0.25, 0.3) is 0 Å². The van der Waals surface area contributed by atoms with Crippen LogP contribution in [0.4, 0.5) is 0 Å². The Bertz CT molecular complexity index is 456. The summed E-state index contributed by atoms with van der Waals surface area (Å²) < 4.78 is 5.01. The third-order valence-electron chi connectivity index (χ3n) is 5.41. The average Bonchev–Trinajstić information content (AvgIpc) is 2.73. The fourth-order valence-corrected chi connectivity index (χ4v) is 3.59. The van der Waals surface area contributed by atoms with Crippen molar-refractivity contribution in [3.8, 4) is 0 Å². The zero-order valence-electron chi connectivity index (χ0n) is 19.4. The van der Waals surface area contributed by atoms with Crippen molar-refractivity contribution < 1.29 is 19.4 Å². The van der Waals surface area contributed by atoms with Crippen molar-refractivity contribution >= 4 is 11.9 Å². The second-order valence-corrected chi connectivity index (χ2v) is 8.29. The van der Waals surface area contributed by atoms with E-state index in [1.165, 1.54) is 70.3 Å². The highest BCUT2D eigenvalue weighted by Crippen LogP contribution is 2.17. The first kappa shape index (κ1) is 28.4. The molecule has 0 aliphatic carbocycles. The third kappa shape index (κ3) is 19.7. The molecule has 0 rings (SSSR count). The molecule has 0 heterocycles. The molecule has 0 aliphatic rings. The molecule has 0 bridgehead atoms. The van der Waals surface area contributed by atoms with Crippen LogP contribution in [0.25, 0.3) is 0 Å². The second-order valence-electron chi connectivity index (χ2n) is 8.29. The number of carboxylic acid groups (broad SMARTS) is 1. The number of esters is 1. The highest BCUT2D eigenvalue weighted by Gasteiger charge is 2.22. The summed E-state index contributed by atoms with van der Waals surface area (Å²) >= 11 is 0. The van der Waals surface area contributed by atoms with Crippen molar-refractivity contribution in [3.63, 3.8) is 0 Å². The molecule has 0 spiro atoms. The first-order chi connectivity index (χ1) is 14.6.